The predicted molar refractivity (Wildman–Crippen MR) is 131 cm³/mol. The predicted octanol–water partition coefficient (Wildman–Crippen LogP) is 6.79. The first-order valence-corrected chi connectivity index (χ1v) is 12.6. The summed E-state index contributed by atoms with van der Waals surface area (Å²) in [4.78, 5) is 27.2. The van der Waals surface area contributed by atoms with Crippen molar-refractivity contribution < 1.29 is 23.5 Å². The van der Waals surface area contributed by atoms with Crippen molar-refractivity contribution in [2.75, 3.05) is 13.7 Å². The van der Waals surface area contributed by atoms with Gasteiger partial charge in [0.15, 0.2) is 11.5 Å². The topological polar surface area (TPSA) is 55.8 Å². The Bertz CT molecular complexity index is 1080. The molecular formula is C25H25BrFNO4S. The molecule has 2 fully saturated rings. The van der Waals surface area contributed by atoms with Crippen LogP contribution < -0.4 is 9.47 Å². The number of amides is 2. The number of nitrogens with zero attached hydrogens (tertiary/aromatic N) is 1. The number of methoxy groups -OCH3 is 1. The normalized spacial score (nSPS) is 18.3. The fourth-order valence-electron chi connectivity index (χ4n) is 4.18. The fourth-order valence-corrected chi connectivity index (χ4v) is 5.60. The summed E-state index contributed by atoms with van der Waals surface area (Å²) in [5.41, 5.74) is 1.40. The molecule has 2 amide bonds. The van der Waals surface area contributed by atoms with Crippen LogP contribution in [-0.2, 0) is 11.4 Å². The number of imide groups is 1. The van der Waals surface area contributed by atoms with E-state index in [0.29, 0.717) is 44.5 Å². The van der Waals surface area contributed by atoms with Crippen LogP contribution >= 0.6 is 27.7 Å². The van der Waals surface area contributed by atoms with Crippen LogP contribution in [0.15, 0.2) is 45.8 Å². The maximum absolute atomic E-state index is 13.4. The summed E-state index contributed by atoms with van der Waals surface area (Å²) in [6.45, 7) is 0.675. The monoisotopic (exact) mass is 533 g/mol. The van der Waals surface area contributed by atoms with Gasteiger partial charge < -0.3 is 9.47 Å². The highest BCUT2D eigenvalue weighted by atomic mass is 79.9. The summed E-state index contributed by atoms with van der Waals surface area (Å²) < 4.78 is 25.4. The Morgan fingerprint density at radius 2 is 1.97 bits per heavy atom. The van der Waals surface area contributed by atoms with Crippen LogP contribution in [0.5, 0.6) is 11.5 Å². The third-order valence-corrected chi connectivity index (χ3v) is 7.36. The zero-order valence-electron chi connectivity index (χ0n) is 18.3. The molecule has 0 aromatic heterocycles. The minimum absolute atomic E-state index is 0.173. The molecule has 0 spiro atoms. The van der Waals surface area contributed by atoms with Crippen molar-refractivity contribution in [1.29, 1.82) is 0 Å². The lowest BCUT2D eigenvalue weighted by atomic mass is 9.89. The van der Waals surface area contributed by atoms with Gasteiger partial charge in [-0.1, -0.05) is 31.4 Å². The summed E-state index contributed by atoms with van der Waals surface area (Å²) in [7, 11) is 1.53. The minimum atomic E-state index is -0.324. The molecule has 1 heterocycles. The highest BCUT2D eigenvalue weighted by Gasteiger charge is 2.36. The van der Waals surface area contributed by atoms with Crippen molar-refractivity contribution in [1.82, 2.24) is 4.90 Å². The van der Waals surface area contributed by atoms with E-state index in [1.54, 1.807) is 30.3 Å². The van der Waals surface area contributed by atoms with Crippen molar-refractivity contribution in [3.63, 3.8) is 0 Å². The van der Waals surface area contributed by atoms with E-state index in [0.717, 1.165) is 37.4 Å². The Balaban J connectivity index is 1.50. The molecule has 0 radical (unpaired) electrons. The van der Waals surface area contributed by atoms with Gasteiger partial charge in [-0.15, -0.1) is 0 Å². The molecule has 33 heavy (non-hydrogen) atoms. The van der Waals surface area contributed by atoms with Crippen LogP contribution in [0.25, 0.3) is 6.08 Å². The van der Waals surface area contributed by atoms with E-state index < -0.39 is 0 Å². The van der Waals surface area contributed by atoms with E-state index in [2.05, 4.69) is 15.9 Å². The molecule has 4 rings (SSSR count). The molecule has 8 heteroatoms. The van der Waals surface area contributed by atoms with Gasteiger partial charge in [0, 0.05) is 6.54 Å². The maximum atomic E-state index is 13.4. The van der Waals surface area contributed by atoms with E-state index in [-0.39, 0.29) is 23.6 Å². The maximum Gasteiger partial charge on any atom is 0.293 e. The summed E-state index contributed by atoms with van der Waals surface area (Å²) in [6.07, 6.45) is 7.41. The highest BCUT2D eigenvalue weighted by Crippen LogP contribution is 2.40. The lowest BCUT2D eigenvalue weighted by molar-refractivity contribution is -0.123. The molecule has 0 atom stereocenters. The Morgan fingerprint density at radius 1 is 1.18 bits per heavy atom. The number of thioether (sulfide) groups is 1. The van der Waals surface area contributed by atoms with Gasteiger partial charge in [-0.25, -0.2) is 4.39 Å². The van der Waals surface area contributed by atoms with E-state index in [4.69, 9.17) is 9.47 Å². The Morgan fingerprint density at radius 3 is 2.70 bits per heavy atom. The number of carbonyl (C=O) groups is 2. The third-order valence-electron chi connectivity index (χ3n) is 5.86. The van der Waals surface area contributed by atoms with E-state index in [1.165, 1.54) is 30.6 Å². The summed E-state index contributed by atoms with van der Waals surface area (Å²) in [6, 6.07) is 9.76. The minimum Gasteiger partial charge on any atom is -0.493 e. The van der Waals surface area contributed by atoms with E-state index >= 15 is 0 Å². The number of benzene rings is 2. The quantitative estimate of drug-likeness (QED) is 0.366. The zero-order chi connectivity index (χ0) is 23.4. The summed E-state index contributed by atoms with van der Waals surface area (Å²) in [5, 5.41) is -0.210. The van der Waals surface area contributed by atoms with Gasteiger partial charge in [0.2, 0.25) is 0 Å². The molecule has 0 unspecified atom stereocenters. The number of hydrogen-bond donors (Lipinski definition) is 0. The molecule has 2 aliphatic rings. The van der Waals surface area contributed by atoms with Gasteiger partial charge in [0.1, 0.15) is 12.4 Å². The first-order chi connectivity index (χ1) is 15.9. The second-order valence-corrected chi connectivity index (χ2v) is 10.1. The Labute approximate surface area is 205 Å². The van der Waals surface area contributed by atoms with Crippen molar-refractivity contribution in [3.05, 3.63) is 62.7 Å². The fraction of sp³-hybridized carbons (Fsp3) is 0.360. The Hall–Kier alpha value is -2.32. The van der Waals surface area contributed by atoms with Gasteiger partial charge in [-0.05, 0) is 87.9 Å². The number of hydrogen-bond acceptors (Lipinski definition) is 5. The molecule has 174 valence electrons. The van der Waals surface area contributed by atoms with Gasteiger partial charge in [-0.2, -0.15) is 0 Å². The van der Waals surface area contributed by atoms with Gasteiger partial charge in [-0.3, -0.25) is 14.5 Å². The van der Waals surface area contributed by atoms with E-state index in [9.17, 15) is 14.0 Å². The van der Waals surface area contributed by atoms with Gasteiger partial charge in [0.05, 0.1) is 16.5 Å². The molecule has 0 N–H and O–H groups in total. The van der Waals surface area contributed by atoms with Crippen molar-refractivity contribution in [2.24, 2.45) is 5.92 Å². The first-order valence-electron chi connectivity index (χ1n) is 10.9. The van der Waals surface area contributed by atoms with E-state index in [1.807, 2.05) is 0 Å². The second kappa shape index (κ2) is 10.7. The average molecular weight is 534 g/mol. The lowest BCUT2D eigenvalue weighted by Crippen LogP contribution is -2.34. The number of ether oxygens (including phenoxy) is 2. The molecule has 2 aromatic carbocycles. The van der Waals surface area contributed by atoms with Crippen molar-refractivity contribution in [2.45, 2.75) is 38.7 Å². The zero-order valence-corrected chi connectivity index (χ0v) is 20.7. The molecule has 1 saturated carbocycles. The molecule has 1 saturated heterocycles. The van der Waals surface area contributed by atoms with Crippen LogP contribution in [0.3, 0.4) is 0 Å². The van der Waals surface area contributed by atoms with Crippen LogP contribution in [0.1, 0.15) is 43.2 Å². The number of halogens is 2. The second-order valence-electron chi connectivity index (χ2n) is 8.25. The molecular weight excluding hydrogens is 509 g/mol. The average Bonchev–Trinajstić information content (AvgIpc) is 3.06. The number of carbonyl (C=O) groups excluding carboxylic acids is 2. The van der Waals surface area contributed by atoms with Crippen LogP contribution in [-0.4, -0.2) is 29.7 Å². The first kappa shape index (κ1) is 23.8. The van der Waals surface area contributed by atoms with Crippen LogP contribution in [0.2, 0.25) is 0 Å². The Kier molecular flexibility index (Phi) is 7.75. The van der Waals surface area contributed by atoms with Gasteiger partial charge >= 0.3 is 0 Å². The number of rotatable bonds is 7. The summed E-state index contributed by atoms with van der Waals surface area (Å²) in [5.74, 6) is 0.778. The largest absolute Gasteiger partial charge is 0.493 e. The van der Waals surface area contributed by atoms with Crippen LogP contribution in [0.4, 0.5) is 9.18 Å². The molecule has 1 aliphatic heterocycles. The van der Waals surface area contributed by atoms with Gasteiger partial charge in [0.25, 0.3) is 11.1 Å². The van der Waals surface area contributed by atoms with Crippen molar-refractivity contribution in [3.8, 4) is 11.5 Å². The lowest BCUT2D eigenvalue weighted by Gasteiger charge is -2.25. The SMILES string of the molecule is COc1cc(/C=C2/SC(=O)N(CC3CCCCC3)C2=O)cc(Br)c1OCc1cccc(F)c1. The molecule has 5 nitrogen and oxygen atoms in total. The molecule has 2 aromatic rings. The standard InChI is InChI=1S/C25H25BrFNO4S/c1-31-21-12-18(11-20(26)23(21)32-15-17-8-5-9-19(27)10-17)13-22-24(29)28(25(30)33-22)14-16-6-3-2-4-7-16/h5,8-13,16H,2-4,6-7,14-15H2,1H3/b22-13+. The summed E-state index contributed by atoms with van der Waals surface area (Å²) >= 11 is 4.48. The van der Waals surface area contributed by atoms with Crippen LogP contribution in [0, 0.1) is 11.7 Å². The smallest absolute Gasteiger partial charge is 0.293 e. The molecule has 1 aliphatic carbocycles. The molecule has 0 bridgehead atoms. The third kappa shape index (κ3) is 5.79. The van der Waals surface area contributed by atoms with Crippen molar-refractivity contribution >= 4 is 44.9 Å². The highest BCUT2D eigenvalue weighted by molar-refractivity contribution is 9.10.